The Morgan fingerprint density at radius 2 is 1.41 bits per heavy atom. The van der Waals surface area contributed by atoms with Gasteiger partial charge in [0.05, 0.1) is 4.92 Å². The van der Waals surface area contributed by atoms with Crippen LogP contribution < -0.4 is 10.2 Å². The van der Waals surface area contributed by atoms with Crippen molar-refractivity contribution in [1.29, 1.82) is 0 Å². The molecule has 0 aliphatic rings. The minimum absolute atomic E-state index is 0.150. The summed E-state index contributed by atoms with van der Waals surface area (Å²) in [5.74, 6) is 0.439. The second-order valence-electron chi connectivity index (χ2n) is 7.42. The van der Waals surface area contributed by atoms with Crippen LogP contribution in [-0.2, 0) is 13.1 Å². The number of benzene rings is 3. The Morgan fingerprint density at radius 1 is 0.844 bits per heavy atom. The average Bonchev–Trinajstić information content (AvgIpc) is 2.81. The number of anilines is 3. The van der Waals surface area contributed by atoms with Crippen molar-refractivity contribution in [3.8, 4) is 0 Å². The first-order valence-electron chi connectivity index (χ1n) is 10.3. The van der Waals surface area contributed by atoms with Gasteiger partial charge >= 0.3 is 5.69 Å². The van der Waals surface area contributed by atoms with Crippen LogP contribution in [0.25, 0.3) is 0 Å². The predicted octanol–water partition coefficient (Wildman–Crippen LogP) is 5.64. The summed E-state index contributed by atoms with van der Waals surface area (Å²) < 4.78 is 0. The van der Waals surface area contributed by atoms with E-state index in [1.54, 1.807) is 0 Å². The lowest BCUT2D eigenvalue weighted by Gasteiger charge is -2.24. The van der Waals surface area contributed by atoms with Gasteiger partial charge in [0, 0.05) is 18.8 Å². The van der Waals surface area contributed by atoms with Crippen molar-refractivity contribution in [2.45, 2.75) is 20.0 Å². The molecule has 7 nitrogen and oxygen atoms in total. The van der Waals surface area contributed by atoms with Gasteiger partial charge < -0.3 is 10.2 Å². The first-order chi connectivity index (χ1) is 15.6. The SMILES string of the molecule is Cc1ccccc1Nc1ncnc(N(Cc2ccccc2)Cc2ccccc2)c1[N+](=O)[O-]. The zero-order chi connectivity index (χ0) is 22.3. The number of nitrogens with zero attached hydrogens (tertiary/aromatic N) is 4. The fourth-order valence-electron chi connectivity index (χ4n) is 3.51. The maximum atomic E-state index is 12.2. The Bertz CT molecular complexity index is 1160. The fourth-order valence-corrected chi connectivity index (χ4v) is 3.51. The summed E-state index contributed by atoms with van der Waals surface area (Å²) in [6, 6.07) is 27.3. The predicted molar refractivity (Wildman–Crippen MR) is 126 cm³/mol. The van der Waals surface area contributed by atoms with Crippen LogP contribution in [0.15, 0.2) is 91.3 Å². The van der Waals surface area contributed by atoms with Gasteiger partial charge in [0.15, 0.2) is 0 Å². The van der Waals surface area contributed by atoms with E-state index in [0.717, 1.165) is 22.4 Å². The standard InChI is InChI=1S/C25H23N5O2/c1-19-10-8-9-15-22(19)28-24-23(30(31)32)25(27-18-26-24)29(16-20-11-4-2-5-12-20)17-21-13-6-3-7-14-21/h2-15,18H,16-17H2,1H3,(H,26,27,28). The van der Waals surface area contributed by atoms with Crippen molar-refractivity contribution in [3.05, 3.63) is 118 Å². The minimum Gasteiger partial charge on any atom is -0.342 e. The summed E-state index contributed by atoms with van der Waals surface area (Å²) in [4.78, 5) is 22.2. The number of rotatable bonds is 8. The Hall–Kier alpha value is -4.26. The molecule has 0 fully saturated rings. The van der Waals surface area contributed by atoms with Gasteiger partial charge in [0.1, 0.15) is 6.33 Å². The molecular formula is C25H23N5O2. The summed E-state index contributed by atoms with van der Waals surface area (Å²) >= 11 is 0. The van der Waals surface area contributed by atoms with Crippen molar-refractivity contribution < 1.29 is 4.92 Å². The van der Waals surface area contributed by atoms with Gasteiger partial charge in [-0.1, -0.05) is 78.9 Å². The van der Waals surface area contributed by atoms with Crippen molar-refractivity contribution in [3.63, 3.8) is 0 Å². The van der Waals surface area contributed by atoms with Gasteiger partial charge in [-0.25, -0.2) is 9.97 Å². The number of nitro groups is 1. The third kappa shape index (κ3) is 4.89. The largest absolute Gasteiger partial charge is 0.353 e. The summed E-state index contributed by atoms with van der Waals surface area (Å²) in [5.41, 5.74) is 3.64. The van der Waals surface area contributed by atoms with E-state index < -0.39 is 4.92 Å². The third-order valence-electron chi connectivity index (χ3n) is 5.12. The lowest BCUT2D eigenvalue weighted by atomic mass is 10.1. The van der Waals surface area contributed by atoms with Crippen LogP contribution in [0.3, 0.4) is 0 Å². The molecular weight excluding hydrogens is 402 g/mol. The van der Waals surface area contributed by atoms with Gasteiger partial charge in [-0.05, 0) is 29.7 Å². The zero-order valence-electron chi connectivity index (χ0n) is 17.7. The first kappa shape index (κ1) is 21.0. The van der Waals surface area contributed by atoms with Crippen LogP contribution in [0.4, 0.5) is 23.0 Å². The molecule has 1 heterocycles. The molecule has 4 aromatic rings. The number of hydrogen-bond acceptors (Lipinski definition) is 6. The van der Waals surface area contributed by atoms with Crippen LogP contribution >= 0.6 is 0 Å². The summed E-state index contributed by atoms with van der Waals surface area (Å²) in [6.45, 7) is 2.88. The lowest BCUT2D eigenvalue weighted by molar-refractivity contribution is -0.383. The molecule has 7 heteroatoms. The smallest absolute Gasteiger partial charge is 0.342 e. The van der Waals surface area contributed by atoms with E-state index in [4.69, 9.17) is 0 Å². The van der Waals surface area contributed by atoms with Gasteiger partial charge in [-0.15, -0.1) is 0 Å². The van der Waals surface area contributed by atoms with Crippen LogP contribution in [0, 0.1) is 17.0 Å². The monoisotopic (exact) mass is 425 g/mol. The average molecular weight is 425 g/mol. The Balaban J connectivity index is 1.77. The van der Waals surface area contributed by atoms with Crippen molar-refractivity contribution in [2.24, 2.45) is 0 Å². The second kappa shape index (κ2) is 9.70. The maximum Gasteiger partial charge on any atom is 0.353 e. The van der Waals surface area contributed by atoms with E-state index in [2.05, 4.69) is 15.3 Å². The summed E-state index contributed by atoms with van der Waals surface area (Å²) in [5, 5.41) is 15.3. The Labute approximate surface area is 186 Å². The van der Waals surface area contributed by atoms with Crippen molar-refractivity contribution in [1.82, 2.24) is 9.97 Å². The Kier molecular flexibility index (Phi) is 6.36. The van der Waals surface area contributed by atoms with Gasteiger partial charge in [0.25, 0.3) is 0 Å². The molecule has 0 saturated carbocycles. The number of hydrogen-bond donors (Lipinski definition) is 1. The molecule has 0 atom stereocenters. The van der Waals surface area contributed by atoms with Crippen LogP contribution in [0.2, 0.25) is 0 Å². The summed E-state index contributed by atoms with van der Waals surface area (Å²) in [6.07, 6.45) is 1.37. The molecule has 0 unspecified atom stereocenters. The normalized spacial score (nSPS) is 10.5. The molecule has 1 N–H and O–H groups in total. The molecule has 0 radical (unpaired) electrons. The molecule has 0 spiro atoms. The lowest BCUT2D eigenvalue weighted by Crippen LogP contribution is -2.24. The van der Waals surface area contributed by atoms with E-state index in [-0.39, 0.29) is 17.3 Å². The van der Waals surface area contributed by atoms with Crippen LogP contribution in [0.5, 0.6) is 0 Å². The molecule has 160 valence electrons. The van der Waals surface area contributed by atoms with Crippen molar-refractivity contribution in [2.75, 3.05) is 10.2 Å². The van der Waals surface area contributed by atoms with E-state index in [1.807, 2.05) is 96.8 Å². The first-order valence-corrected chi connectivity index (χ1v) is 10.3. The van der Waals surface area contributed by atoms with E-state index in [9.17, 15) is 10.1 Å². The molecule has 1 aromatic heterocycles. The third-order valence-corrected chi connectivity index (χ3v) is 5.12. The highest BCUT2D eigenvalue weighted by molar-refractivity contribution is 5.75. The van der Waals surface area contributed by atoms with E-state index in [0.29, 0.717) is 13.1 Å². The quantitative estimate of drug-likeness (QED) is 0.290. The molecule has 32 heavy (non-hydrogen) atoms. The number of nitrogens with one attached hydrogen (secondary N) is 1. The highest BCUT2D eigenvalue weighted by Gasteiger charge is 2.27. The number of para-hydroxylation sites is 1. The fraction of sp³-hybridized carbons (Fsp3) is 0.120. The van der Waals surface area contributed by atoms with Gasteiger partial charge in [-0.3, -0.25) is 10.1 Å². The molecule has 0 saturated heterocycles. The molecule has 0 amide bonds. The zero-order valence-corrected chi connectivity index (χ0v) is 17.7. The van der Waals surface area contributed by atoms with Crippen LogP contribution in [-0.4, -0.2) is 14.9 Å². The highest BCUT2D eigenvalue weighted by Crippen LogP contribution is 2.35. The van der Waals surface area contributed by atoms with Crippen LogP contribution in [0.1, 0.15) is 16.7 Å². The topological polar surface area (TPSA) is 84.2 Å². The summed E-state index contributed by atoms with van der Waals surface area (Å²) in [7, 11) is 0. The van der Waals surface area contributed by atoms with Gasteiger partial charge in [-0.2, -0.15) is 0 Å². The number of aromatic nitrogens is 2. The molecule has 4 rings (SSSR count). The Morgan fingerprint density at radius 3 is 1.97 bits per heavy atom. The highest BCUT2D eigenvalue weighted by atomic mass is 16.6. The molecule has 0 aliphatic heterocycles. The number of aryl methyl sites for hydroxylation is 1. The van der Waals surface area contributed by atoms with Crippen molar-refractivity contribution >= 4 is 23.0 Å². The molecule has 0 bridgehead atoms. The van der Waals surface area contributed by atoms with E-state index >= 15 is 0 Å². The van der Waals surface area contributed by atoms with E-state index in [1.165, 1.54) is 6.33 Å². The maximum absolute atomic E-state index is 12.2. The minimum atomic E-state index is -0.418. The second-order valence-corrected chi connectivity index (χ2v) is 7.42. The van der Waals surface area contributed by atoms with Gasteiger partial charge in [0.2, 0.25) is 11.6 Å². The molecule has 3 aromatic carbocycles. The molecule has 0 aliphatic carbocycles.